The summed E-state index contributed by atoms with van der Waals surface area (Å²) in [6.45, 7) is 0. The second-order valence-electron chi connectivity index (χ2n) is 5.50. The molecule has 0 atom stereocenters. The van der Waals surface area contributed by atoms with Crippen molar-refractivity contribution in [3.63, 3.8) is 0 Å². The van der Waals surface area contributed by atoms with E-state index in [1.807, 2.05) is 42.1 Å². The topological polar surface area (TPSA) is 22.1 Å². The molecule has 0 radical (unpaired) electrons. The number of benzene rings is 2. The third-order valence-electron chi connectivity index (χ3n) is 3.62. The summed E-state index contributed by atoms with van der Waals surface area (Å²) in [5.41, 5.74) is 3.54. The van der Waals surface area contributed by atoms with Gasteiger partial charge in [-0.15, -0.1) is 11.3 Å². The summed E-state index contributed by atoms with van der Waals surface area (Å²) < 4.78 is 5.18. The van der Waals surface area contributed by atoms with Gasteiger partial charge in [0, 0.05) is 23.3 Å². The SMILES string of the molecule is COc1ccc(CSCc2csc(Cc3ccc(Cl)c(Cl)c3)n2)cc1. The summed E-state index contributed by atoms with van der Waals surface area (Å²) in [4.78, 5) is 4.72. The van der Waals surface area contributed by atoms with E-state index in [-0.39, 0.29) is 0 Å². The van der Waals surface area contributed by atoms with E-state index in [1.54, 1.807) is 18.4 Å². The molecule has 0 fully saturated rings. The van der Waals surface area contributed by atoms with E-state index >= 15 is 0 Å². The van der Waals surface area contributed by atoms with Gasteiger partial charge in [0.15, 0.2) is 0 Å². The average molecular weight is 410 g/mol. The van der Waals surface area contributed by atoms with Crippen LogP contribution in [0.25, 0.3) is 0 Å². The Hall–Kier alpha value is -1.20. The van der Waals surface area contributed by atoms with Crippen molar-refractivity contribution in [1.82, 2.24) is 4.98 Å². The van der Waals surface area contributed by atoms with Crippen molar-refractivity contribution in [3.05, 3.63) is 79.7 Å². The van der Waals surface area contributed by atoms with Crippen LogP contribution in [0.15, 0.2) is 47.8 Å². The molecule has 1 heterocycles. The minimum Gasteiger partial charge on any atom is -0.497 e. The van der Waals surface area contributed by atoms with Crippen molar-refractivity contribution >= 4 is 46.3 Å². The summed E-state index contributed by atoms with van der Waals surface area (Å²) in [5.74, 6) is 2.76. The van der Waals surface area contributed by atoms with Gasteiger partial charge >= 0.3 is 0 Å². The maximum Gasteiger partial charge on any atom is 0.118 e. The number of ether oxygens (including phenoxy) is 1. The lowest BCUT2D eigenvalue weighted by Gasteiger charge is -2.03. The Bertz CT molecular complexity index is 834. The Labute approximate surface area is 166 Å². The van der Waals surface area contributed by atoms with Crippen molar-refractivity contribution in [3.8, 4) is 5.75 Å². The zero-order valence-electron chi connectivity index (χ0n) is 13.7. The average Bonchev–Trinajstić information content (AvgIpc) is 3.06. The minimum absolute atomic E-state index is 0.583. The highest BCUT2D eigenvalue weighted by atomic mass is 35.5. The highest BCUT2D eigenvalue weighted by molar-refractivity contribution is 7.97. The summed E-state index contributed by atoms with van der Waals surface area (Å²) in [6.07, 6.45) is 0.782. The highest BCUT2D eigenvalue weighted by Gasteiger charge is 2.06. The van der Waals surface area contributed by atoms with Gasteiger partial charge in [-0.3, -0.25) is 0 Å². The maximum absolute atomic E-state index is 6.07. The van der Waals surface area contributed by atoms with Crippen LogP contribution in [-0.4, -0.2) is 12.1 Å². The molecule has 3 aromatic rings. The van der Waals surface area contributed by atoms with Gasteiger partial charge < -0.3 is 4.74 Å². The number of methoxy groups -OCH3 is 1. The van der Waals surface area contributed by atoms with Gasteiger partial charge in [0.2, 0.25) is 0 Å². The van der Waals surface area contributed by atoms with Crippen LogP contribution in [0.2, 0.25) is 10.0 Å². The van der Waals surface area contributed by atoms with Crippen molar-refractivity contribution in [2.24, 2.45) is 0 Å². The Balaban J connectivity index is 1.51. The fraction of sp³-hybridized carbons (Fsp3) is 0.211. The van der Waals surface area contributed by atoms with Crippen LogP contribution < -0.4 is 4.74 Å². The van der Waals surface area contributed by atoms with Crippen LogP contribution >= 0.6 is 46.3 Å². The fourth-order valence-electron chi connectivity index (χ4n) is 2.32. The van der Waals surface area contributed by atoms with E-state index in [1.165, 1.54) is 5.56 Å². The van der Waals surface area contributed by atoms with E-state index in [4.69, 9.17) is 32.9 Å². The molecule has 0 saturated carbocycles. The lowest BCUT2D eigenvalue weighted by molar-refractivity contribution is 0.414. The predicted molar refractivity (Wildman–Crippen MR) is 109 cm³/mol. The summed E-state index contributed by atoms with van der Waals surface area (Å²) in [7, 11) is 1.68. The van der Waals surface area contributed by atoms with Crippen LogP contribution in [0, 0.1) is 0 Å². The molecule has 1 aromatic heterocycles. The van der Waals surface area contributed by atoms with E-state index in [0.29, 0.717) is 10.0 Å². The largest absolute Gasteiger partial charge is 0.497 e. The predicted octanol–water partition coefficient (Wildman–Crippen LogP) is 6.48. The van der Waals surface area contributed by atoms with Crippen LogP contribution in [0.3, 0.4) is 0 Å². The second-order valence-corrected chi connectivity index (χ2v) is 8.24. The van der Waals surface area contributed by atoms with Crippen molar-refractivity contribution in [2.45, 2.75) is 17.9 Å². The van der Waals surface area contributed by atoms with Crippen LogP contribution in [0.4, 0.5) is 0 Å². The molecule has 0 bridgehead atoms. The third kappa shape index (κ3) is 5.38. The Morgan fingerprint density at radius 1 is 1.00 bits per heavy atom. The molecular weight excluding hydrogens is 393 g/mol. The Morgan fingerprint density at radius 2 is 1.76 bits per heavy atom. The fourth-order valence-corrected chi connectivity index (χ4v) is 4.46. The number of aromatic nitrogens is 1. The van der Waals surface area contributed by atoms with Crippen molar-refractivity contribution in [2.75, 3.05) is 7.11 Å². The first-order valence-corrected chi connectivity index (χ1v) is 10.5. The molecule has 0 N–H and O–H groups in total. The van der Waals surface area contributed by atoms with Gasteiger partial charge in [0.25, 0.3) is 0 Å². The van der Waals surface area contributed by atoms with E-state index in [2.05, 4.69) is 17.5 Å². The molecule has 2 nitrogen and oxygen atoms in total. The number of thioether (sulfide) groups is 1. The van der Waals surface area contributed by atoms with E-state index < -0.39 is 0 Å². The standard InChI is InChI=1S/C19H17Cl2NOS2/c1-23-16-5-2-13(3-6-16)10-24-11-15-12-25-19(22-15)9-14-4-7-17(20)18(21)8-14/h2-8,12H,9-11H2,1H3. The van der Waals surface area contributed by atoms with Crippen LogP contribution in [-0.2, 0) is 17.9 Å². The van der Waals surface area contributed by atoms with Gasteiger partial charge in [0.1, 0.15) is 5.75 Å². The molecule has 2 aromatic carbocycles. The van der Waals surface area contributed by atoms with Gasteiger partial charge in [0.05, 0.1) is 27.9 Å². The maximum atomic E-state index is 6.07. The molecule has 0 aliphatic rings. The minimum atomic E-state index is 0.583. The molecule has 0 unspecified atom stereocenters. The monoisotopic (exact) mass is 409 g/mol. The van der Waals surface area contributed by atoms with Crippen LogP contribution in [0.1, 0.15) is 21.8 Å². The third-order valence-corrected chi connectivity index (χ3v) is 6.29. The molecule has 3 rings (SSSR count). The van der Waals surface area contributed by atoms with E-state index in [0.717, 1.165) is 39.9 Å². The number of hydrogen-bond donors (Lipinski definition) is 0. The van der Waals surface area contributed by atoms with Gasteiger partial charge in [-0.05, 0) is 35.4 Å². The molecule has 0 spiro atoms. The van der Waals surface area contributed by atoms with Crippen molar-refractivity contribution in [1.29, 1.82) is 0 Å². The quantitative estimate of drug-likeness (QED) is 0.445. The summed E-state index contributed by atoms with van der Waals surface area (Å²) >= 11 is 15.6. The number of hydrogen-bond acceptors (Lipinski definition) is 4. The first-order valence-electron chi connectivity index (χ1n) is 7.72. The molecule has 6 heteroatoms. The zero-order valence-corrected chi connectivity index (χ0v) is 16.8. The Kier molecular flexibility index (Phi) is 6.65. The lowest BCUT2D eigenvalue weighted by Crippen LogP contribution is -1.89. The second kappa shape index (κ2) is 8.95. The smallest absolute Gasteiger partial charge is 0.118 e. The zero-order chi connectivity index (χ0) is 17.6. The summed E-state index contributed by atoms with van der Waals surface area (Å²) in [5, 5.41) is 4.40. The number of rotatable bonds is 7. The molecule has 0 aliphatic heterocycles. The first kappa shape index (κ1) is 18.6. The molecule has 130 valence electrons. The molecule has 0 amide bonds. The van der Waals surface area contributed by atoms with Crippen LogP contribution in [0.5, 0.6) is 5.75 Å². The summed E-state index contributed by atoms with van der Waals surface area (Å²) in [6, 6.07) is 13.9. The highest BCUT2D eigenvalue weighted by Crippen LogP contribution is 2.26. The molecular formula is C19H17Cl2NOS2. The van der Waals surface area contributed by atoms with E-state index in [9.17, 15) is 0 Å². The normalized spacial score (nSPS) is 10.8. The lowest BCUT2D eigenvalue weighted by atomic mass is 10.2. The molecule has 0 saturated heterocycles. The molecule has 0 aliphatic carbocycles. The first-order chi connectivity index (χ1) is 12.1. The molecule has 25 heavy (non-hydrogen) atoms. The van der Waals surface area contributed by atoms with Gasteiger partial charge in [-0.25, -0.2) is 4.98 Å². The Morgan fingerprint density at radius 3 is 2.48 bits per heavy atom. The van der Waals surface area contributed by atoms with Gasteiger partial charge in [-0.2, -0.15) is 11.8 Å². The number of nitrogens with zero attached hydrogens (tertiary/aromatic N) is 1. The number of thiazole rings is 1. The number of halogens is 2. The van der Waals surface area contributed by atoms with Crippen molar-refractivity contribution < 1.29 is 4.74 Å². The van der Waals surface area contributed by atoms with Gasteiger partial charge in [-0.1, -0.05) is 41.4 Å².